The van der Waals surface area contributed by atoms with Gasteiger partial charge in [0.15, 0.2) is 5.01 Å². The molecule has 1 aliphatic carbocycles. The lowest BCUT2D eigenvalue weighted by molar-refractivity contribution is -0.137. The van der Waals surface area contributed by atoms with Crippen LogP contribution in [0.1, 0.15) is 46.6 Å². The molecule has 0 bridgehead atoms. The van der Waals surface area contributed by atoms with Crippen LogP contribution in [0.3, 0.4) is 0 Å². The van der Waals surface area contributed by atoms with Crippen LogP contribution in [-0.2, 0) is 27.5 Å². The SMILES string of the molecule is CCN(C)C(=O)[C@H]1CC[C@H](NC(=O)C(=O)Nc2ccc(Cl)cn2)[C@H](NC(=O)c2nc3c(s2)CN(C)C3)C1. The summed E-state index contributed by atoms with van der Waals surface area (Å²) >= 11 is 7.16. The molecule has 1 saturated carbocycles. The number of anilines is 1. The Labute approximate surface area is 224 Å². The zero-order valence-electron chi connectivity index (χ0n) is 20.9. The van der Waals surface area contributed by atoms with Gasteiger partial charge in [0.2, 0.25) is 5.91 Å². The molecule has 1 fully saturated rings. The number of aromatic nitrogens is 2. The second-order valence-electron chi connectivity index (χ2n) is 9.40. The molecule has 11 nitrogen and oxygen atoms in total. The molecule has 3 heterocycles. The van der Waals surface area contributed by atoms with Crippen molar-refractivity contribution in [1.29, 1.82) is 0 Å². The van der Waals surface area contributed by atoms with E-state index in [9.17, 15) is 19.2 Å². The van der Waals surface area contributed by atoms with E-state index >= 15 is 0 Å². The van der Waals surface area contributed by atoms with Crippen molar-refractivity contribution in [2.45, 2.75) is 51.4 Å². The maximum atomic E-state index is 13.1. The van der Waals surface area contributed by atoms with Crippen LogP contribution in [0.5, 0.6) is 0 Å². The number of nitrogens with zero attached hydrogens (tertiary/aromatic N) is 4. The molecule has 0 radical (unpaired) electrons. The van der Waals surface area contributed by atoms with Gasteiger partial charge in [0.05, 0.1) is 16.8 Å². The summed E-state index contributed by atoms with van der Waals surface area (Å²) < 4.78 is 0. The van der Waals surface area contributed by atoms with Crippen LogP contribution in [-0.4, -0.2) is 76.1 Å². The molecule has 3 atom stereocenters. The van der Waals surface area contributed by atoms with E-state index < -0.39 is 23.9 Å². The van der Waals surface area contributed by atoms with Gasteiger partial charge in [0.1, 0.15) is 5.82 Å². The third-order valence-corrected chi connectivity index (χ3v) is 7.97. The van der Waals surface area contributed by atoms with E-state index in [-0.39, 0.29) is 23.6 Å². The molecule has 2 aromatic rings. The molecule has 13 heteroatoms. The molecule has 4 amide bonds. The number of hydrogen-bond donors (Lipinski definition) is 3. The molecule has 37 heavy (non-hydrogen) atoms. The van der Waals surface area contributed by atoms with Gasteiger partial charge >= 0.3 is 11.8 Å². The zero-order chi connectivity index (χ0) is 26.7. The molecule has 2 aliphatic rings. The third-order valence-electron chi connectivity index (χ3n) is 6.66. The van der Waals surface area contributed by atoms with Crippen LogP contribution < -0.4 is 16.0 Å². The fourth-order valence-electron chi connectivity index (χ4n) is 4.57. The van der Waals surface area contributed by atoms with Crippen LogP contribution in [0.4, 0.5) is 5.82 Å². The Morgan fingerprint density at radius 2 is 1.92 bits per heavy atom. The Hall–Kier alpha value is -3.09. The number of halogens is 1. The number of amides is 4. The number of hydrogen-bond acceptors (Lipinski definition) is 8. The van der Waals surface area contributed by atoms with Gasteiger partial charge in [-0.25, -0.2) is 9.97 Å². The summed E-state index contributed by atoms with van der Waals surface area (Å²) in [5.41, 5.74) is 0.899. The Bertz CT molecular complexity index is 1160. The molecular weight excluding hydrogens is 518 g/mol. The molecule has 2 aromatic heterocycles. The minimum Gasteiger partial charge on any atom is -0.346 e. The number of carbonyl (C=O) groups excluding carboxylic acids is 4. The maximum absolute atomic E-state index is 13.1. The molecule has 0 saturated heterocycles. The number of carbonyl (C=O) groups is 4. The standard InChI is InChI=1S/C24H30ClN7O4S/c1-4-32(3)24(36)13-5-7-15(27-20(33)21(34)30-19-8-6-14(25)10-26-19)16(9-13)28-22(35)23-29-17-11-31(2)12-18(17)37-23/h6,8,10,13,15-16H,4-5,7,9,11-12H2,1-3H3,(H,27,33)(H,28,35)(H,26,30,34)/t13-,15-,16+/m0/s1. The topological polar surface area (TPSA) is 137 Å². The Balaban J connectivity index is 1.45. The van der Waals surface area contributed by atoms with Crippen molar-refractivity contribution in [3.63, 3.8) is 0 Å². The van der Waals surface area contributed by atoms with E-state index in [0.717, 1.165) is 17.1 Å². The monoisotopic (exact) mass is 547 g/mol. The minimum atomic E-state index is -0.885. The van der Waals surface area contributed by atoms with Crippen molar-refractivity contribution in [2.75, 3.05) is 26.0 Å². The first-order chi connectivity index (χ1) is 17.6. The molecule has 198 valence electrons. The van der Waals surface area contributed by atoms with E-state index in [1.165, 1.54) is 23.6 Å². The highest BCUT2D eigenvalue weighted by Gasteiger charge is 2.38. The molecule has 3 N–H and O–H groups in total. The van der Waals surface area contributed by atoms with E-state index in [0.29, 0.717) is 42.4 Å². The normalized spacial score (nSPS) is 21.1. The van der Waals surface area contributed by atoms with Gasteiger partial charge in [-0.3, -0.25) is 24.1 Å². The van der Waals surface area contributed by atoms with Gasteiger partial charge in [-0.15, -0.1) is 11.3 Å². The summed E-state index contributed by atoms with van der Waals surface area (Å²) in [4.78, 5) is 64.4. The fourth-order valence-corrected chi connectivity index (χ4v) is 5.73. The molecule has 0 unspecified atom stereocenters. The van der Waals surface area contributed by atoms with Crippen LogP contribution in [0.25, 0.3) is 0 Å². The molecular formula is C24H30ClN7O4S. The van der Waals surface area contributed by atoms with E-state index in [4.69, 9.17) is 11.6 Å². The van der Waals surface area contributed by atoms with Crippen LogP contribution in [0.15, 0.2) is 18.3 Å². The van der Waals surface area contributed by atoms with Gasteiger partial charge < -0.3 is 20.9 Å². The number of nitrogens with one attached hydrogen (secondary N) is 3. The third kappa shape index (κ3) is 6.43. The second kappa shape index (κ2) is 11.5. The van der Waals surface area contributed by atoms with Crippen molar-refractivity contribution < 1.29 is 19.2 Å². The van der Waals surface area contributed by atoms with Crippen molar-refractivity contribution in [3.05, 3.63) is 38.9 Å². The first-order valence-electron chi connectivity index (χ1n) is 12.1. The average Bonchev–Trinajstić information content (AvgIpc) is 3.43. The zero-order valence-corrected chi connectivity index (χ0v) is 22.5. The summed E-state index contributed by atoms with van der Waals surface area (Å²) in [7, 11) is 3.74. The predicted octanol–water partition coefficient (Wildman–Crippen LogP) is 1.64. The molecule has 4 rings (SSSR count). The van der Waals surface area contributed by atoms with Gasteiger partial charge in [0, 0.05) is 49.7 Å². The van der Waals surface area contributed by atoms with Crippen molar-refractivity contribution in [1.82, 2.24) is 30.4 Å². The lowest BCUT2D eigenvalue weighted by atomic mass is 9.81. The fraction of sp³-hybridized carbons (Fsp3) is 0.500. The van der Waals surface area contributed by atoms with Crippen LogP contribution >= 0.6 is 22.9 Å². The van der Waals surface area contributed by atoms with E-state index in [2.05, 4.69) is 30.8 Å². The highest BCUT2D eigenvalue weighted by Crippen LogP contribution is 2.29. The summed E-state index contributed by atoms with van der Waals surface area (Å²) in [6.07, 6.45) is 2.65. The minimum absolute atomic E-state index is 0.00524. The molecule has 0 aromatic carbocycles. The summed E-state index contributed by atoms with van der Waals surface area (Å²) in [5.74, 6) is -2.20. The highest BCUT2D eigenvalue weighted by atomic mass is 35.5. The molecule has 0 spiro atoms. The van der Waals surface area contributed by atoms with Gasteiger partial charge in [-0.2, -0.15) is 0 Å². The Morgan fingerprint density at radius 3 is 2.59 bits per heavy atom. The van der Waals surface area contributed by atoms with Gasteiger partial charge in [0.25, 0.3) is 5.91 Å². The highest BCUT2D eigenvalue weighted by molar-refractivity contribution is 7.13. The van der Waals surface area contributed by atoms with Gasteiger partial charge in [-0.1, -0.05) is 11.6 Å². The summed E-state index contributed by atoms with van der Waals surface area (Å²) in [6, 6.07) is 1.95. The van der Waals surface area contributed by atoms with Crippen molar-refractivity contribution >= 4 is 52.4 Å². The van der Waals surface area contributed by atoms with E-state index in [1.54, 1.807) is 18.0 Å². The van der Waals surface area contributed by atoms with Crippen LogP contribution in [0.2, 0.25) is 5.02 Å². The average molecular weight is 548 g/mol. The maximum Gasteiger partial charge on any atom is 0.314 e. The van der Waals surface area contributed by atoms with Crippen molar-refractivity contribution in [3.8, 4) is 0 Å². The van der Waals surface area contributed by atoms with E-state index in [1.807, 2.05) is 14.0 Å². The Morgan fingerprint density at radius 1 is 1.14 bits per heavy atom. The predicted molar refractivity (Wildman–Crippen MR) is 139 cm³/mol. The van der Waals surface area contributed by atoms with Gasteiger partial charge in [-0.05, 0) is 45.4 Å². The van der Waals surface area contributed by atoms with Crippen molar-refractivity contribution in [2.24, 2.45) is 5.92 Å². The second-order valence-corrected chi connectivity index (χ2v) is 10.9. The summed E-state index contributed by atoms with van der Waals surface area (Å²) in [5, 5.41) is 8.91. The Kier molecular flexibility index (Phi) is 8.40. The first-order valence-corrected chi connectivity index (χ1v) is 13.3. The first kappa shape index (κ1) is 27.0. The number of rotatable bonds is 6. The van der Waals surface area contributed by atoms with Crippen LogP contribution in [0, 0.1) is 5.92 Å². The lowest BCUT2D eigenvalue weighted by Crippen LogP contribution is -2.57. The molecule has 1 aliphatic heterocycles. The largest absolute Gasteiger partial charge is 0.346 e. The number of fused-ring (bicyclic) bond motifs is 1. The quantitative estimate of drug-likeness (QED) is 0.468. The lowest BCUT2D eigenvalue weighted by Gasteiger charge is -2.37. The smallest absolute Gasteiger partial charge is 0.314 e. The summed E-state index contributed by atoms with van der Waals surface area (Å²) in [6.45, 7) is 3.92. The number of pyridine rings is 1. The number of thiazole rings is 1.